The molecule has 0 saturated heterocycles. The summed E-state index contributed by atoms with van der Waals surface area (Å²) in [6, 6.07) is 5.33. The summed E-state index contributed by atoms with van der Waals surface area (Å²) in [6.45, 7) is 3.77. The smallest absolute Gasteiger partial charge is 0.258 e. The lowest BCUT2D eigenvalue weighted by Crippen LogP contribution is -2.14. The van der Waals surface area contributed by atoms with Crippen LogP contribution < -0.4 is 5.56 Å². The highest BCUT2D eigenvalue weighted by Crippen LogP contribution is 2.04. The predicted octanol–water partition coefficient (Wildman–Crippen LogP) is 1.31. The van der Waals surface area contributed by atoms with E-state index in [1.807, 2.05) is 26.0 Å². The van der Waals surface area contributed by atoms with Crippen LogP contribution in [-0.4, -0.2) is 9.38 Å². The zero-order valence-corrected chi connectivity index (χ0v) is 7.61. The first kappa shape index (κ1) is 7.98. The Hall–Kier alpha value is -1.64. The topological polar surface area (TPSA) is 34.4 Å². The fraction of sp³-hybridized carbons (Fsp3) is 0.200. The molecule has 0 aliphatic heterocycles. The molecule has 0 amide bonds. The minimum atomic E-state index is -0.0220. The van der Waals surface area contributed by atoms with Crippen molar-refractivity contribution in [3.05, 3.63) is 46.0 Å². The van der Waals surface area contributed by atoms with Gasteiger partial charge in [-0.05, 0) is 25.5 Å². The van der Waals surface area contributed by atoms with Crippen LogP contribution >= 0.6 is 0 Å². The molecule has 2 aromatic rings. The summed E-state index contributed by atoms with van der Waals surface area (Å²) >= 11 is 0. The van der Waals surface area contributed by atoms with Crippen LogP contribution in [0.5, 0.6) is 0 Å². The molecule has 0 aliphatic carbocycles. The van der Waals surface area contributed by atoms with Crippen LogP contribution in [0.4, 0.5) is 0 Å². The van der Waals surface area contributed by atoms with Crippen LogP contribution in [-0.2, 0) is 0 Å². The molecule has 0 saturated carbocycles. The van der Waals surface area contributed by atoms with Crippen molar-refractivity contribution in [2.75, 3.05) is 0 Å². The molecule has 2 aromatic heterocycles. The fourth-order valence-corrected chi connectivity index (χ4v) is 1.38. The van der Waals surface area contributed by atoms with Crippen molar-refractivity contribution in [2.24, 2.45) is 0 Å². The second-order valence-corrected chi connectivity index (χ2v) is 3.12. The highest BCUT2D eigenvalue weighted by atomic mass is 16.1. The molecule has 13 heavy (non-hydrogen) atoms. The summed E-state index contributed by atoms with van der Waals surface area (Å²) in [5.74, 6) is 0. The van der Waals surface area contributed by atoms with E-state index in [2.05, 4.69) is 4.98 Å². The number of fused-ring (bicyclic) bond motifs is 1. The van der Waals surface area contributed by atoms with Gasteiger partial charge in [0.2, 0.25) is 0 Å². The highest BCUT2D eigenvalue weighted by molar-refractivity contribution is 5.46. The third-order valence-electron chi connectivity index (χ3n) is 2.01. The lowest BCUT2D eigenvalue weighted by Gasteiger charge is -2.02. The van der Waals surface area contributed by atoms with Gasteiger partial charge >= 0.3 is 0 Å². The van der Waals surface area contributed by atoms with E-state index in [0.717, 1.165) is 16.9 Å². The molecule has 0 N–H and O–H groups in total. The Balaban J connectivity index is 3.03. The number of aromatic nitrogens is 2. The van der Waals surface area contributed by atoms with Crippen LogP contribution in [0.3, 0.4) is 0 Å². The van der Waals surface area contributed by atoms with Crippen molar-refractivity contribution < 1.29 is 0 Å². The minimum absolute atomic E-state index is 0.0220. The Morgan fingerprint density at radius 1 is 1.38 bits per heavy atom. The van der Waals surface area contributed by atoms with Crippen molar-refractivity contribution >= 4 is 5.65 Å². The molecule has 3 nitrogen and oxygen atoms in total. The van der Waals surface area contributed by atoms with Crippen molar-refractivity contribution in [1.82, 2.24) is 9.38 Å². The van der Waals surface area contributed by atoms with Crippen molar-refractivity contribution in [3.63, 3.8) is 0 Å². The normalized spacial score (nSPS) is 10.6. The minimum Gasteiger partial charge on any atom is -0.269 e. The van der Waals surface area contributed by atoms with Gasteiger partial charge < -0.3 is 0 Å². The molecule has 0 fully saturated rings. The average molecular weight is 174 g/mol. The zero-order valence-electron chi connectivity index (χ0n) is 7.61. The second kappa shape index (κ2) is 2.69. The van der Waals surface area contributed by atoms with E-state index in [1.165, 1.54) is 6.07 Å². The van der Waals surface area contributed by atoms with Crippen LogP contribution in [0, 0.1) is 13.8 Å². The van der Waals surface area contributed by atoms with Crippen LogP contribution in [0.15, 0.2) is 29.2 Å². The van der Waals surface area contributed by atoms with E-state index in [-0.39, 0.29) is 5.56 Å². The maximum absolute atomic E-state index is 11.5. The van der Waals surface area contributed by atoms with Crippen LogP contribution in [0.25, 0.3) is 5.65 Å². The van der Waals surface area contributed by atoms with Crippen LogP contribution in [0.2, 0.25) is 0 Å². The van der Waals surface area contributed by atoms with E-state index < -0.39 is 0 Å². The molecule has 2 heterocycles. The lowest BCUT2D eigenvalue weighted by atomic mass is 10.3. The lowest BCUT2D eigenvalue weighted by molar-refractivity contribution is 1.01. The molecular weight excluding hydrogens is 164 g/mol. The standard InChI is InChI=1S/C10H10N2O/c1-7-4-3-5-12-9(13)6-8(2)11-10(7)12/h3-6H,1-2H3. The van der Waals surface area contributed by atoms with Gasteiger partial charge in [0.05, 0.1) is 0 Å². The first-order valence-electron chi connectivity index (χ1n) is 4.14. The molecule has 66 valence electrons. The van der Waals surface area contributed by atoms with Crippen molar-refractivity contribution in [3.8, 4) is 0 Å². The predicted molar refractivity (Wildman–Crippen MR) is 50.9 cm³/mol. The average Bonchev–Trinajstić information content (AvgIpc) is 2.07. The Kier molecular flexibility index (Phi) is 1.65. The summed E-state index contributed by atoms with van der Waals surface area (Å²) < 4.78 is 1.56. The molecule has 0 spiro atoms. The van der Waals surface area contributed by atoms with Gasteiger partial charge in [-0.25, -0.2) is 4.98 Å². The third-order valence-corrected chi connectivity index (χ3v) is 2.01. The highest BCUT2D eigenvalue weighted by Gasteiger charge is 2.00. The molecule has 3 heteroatoms. The Morgan fingerprint density at radius 3 is 2.92 bits per heavy atom. The van der Waals surface area contributed by atoms with Gasteiger partial charge in [0.15, 0.2) is 0 Å². The number of hydrogen-bond donors (Lipinski definition) is 0. The molecule has 0 atom stereocenters. The van der Waals surface area contributed by atoms with Gasteiger partial charge in [-0.1, -0.05) is 6.07 Å². The Morgan fingerprint density at radius 2 is 2.15 bits per heavy atom. The first-order valence-corrected chi connectivity index (χ1v) is 4.14. The van der Waals surface area contributed by atoms with Gasteiger partial charge in [0.25, 0.3) is 5.56 Å². The summed E-state index contributed by atoms with van der Waals surface area (Å²) in [7, 11) is 0. The van der Waals surface area contributed by atoms with Crippen molar-refractivity contribution in [2.45, 2.75) is 13.8 Å². The summed E-state index contributed by atoms with van der Waals surface area (Å²) in [4.78, 5) is 15.8. The second-order valence-electron chi connectivity index (χ2n) is 3.12. The Bertz CT molecular complexity index is 514. The van der Waals surface area contributed by atoms with Gasteiger partial charge in [-0.15, -0.1) is 0 Å². The summed E-state index contributed by atoms with van der Waals surface area (Å²) in [6.07, 6.45) is 1.73. The molecule has 0 unspecified atom stereocenters. The quantitative estimate of drug-likeness (QED) is 0.603. The SMILES string of the molecule is Cc1cc(=O)n2cccc(C)c2n1. The van der Waals surface area contributed by atoms with Gasteiger partial charge in [0, 0.05) is 18.0 Å². The van der Waals surface area contributed by atoms with Crippen LogP contribution in [0.1, 0.15) is 11.3 Å². The first-order chi connectivity index (χ1) is 6.18. The fourth-order valence-electron chi connectivity index (χ4n) is 1.38. The number of pyridine rings is 1. The number of nitrogens with zero attached hydrogens (tertiary/aromatic N) is 2. The molecule has 2 rings (SSSR count). The maximum Gasteiger partial charge on any atom is 0.258 e. The summed E-state index contributed by atoms with van der Waals surface area (Å²) in [5.41, 5.74) is 2.50. The monoisotopic (exact) mass is 174 g/mol. The molecule has 0 radical (unpaired) electrons. The van der Waals surface area contributed by atoms with Gasteiger partial charge in [0.1, 0.15) is 5.65 Å². The Labute approximate surface area is 75.7 Å². The molecule has 0 aliphatic rings. The summed E-state index contributed by atoms with van der Waals surface area (Å²) in [5, 5.41) is 0. The third kappa shape index (κ3) is 1.22. The largest absolute Gasteiger partial charge is 0.269 e. The van der Waals surface area contributed by atoms with E-state index in [9.17, 15) is 4.79 Å². The molecule has 0 aromatic carbocycles. The van der Waals surface area contributed by atoms with E-state index in [1.54, 1.807) is 10.6 Å². The number of rotatable bonds is 0. The van der Waals surface area contributed by atoms with Gasteiger partial charge in [-0.2, -0.15) is 0 Å². The zero-order chi connectivity index (χ0) is 9.42. The number of hydrogen-bond acceptors (Lipinski definition) is 2. The van der Waals surface area contributed by atoms with Gasteiger partial charge in [-0.3, -0.25) is 9.20 Å². The van der Waals surface area contributed by atoms with Crippen molar-refractivity contribution in [1.29, 1.82) is 0 Å². The number of aryl methyl sites for hydroxylation is 2. The maximum atomic E-state index is 11.5. The van der Waals surface area contributed by atoms with E-state index in [4.69, 9.17) is 0 Å². The van der Waals surface area contributed by atoms with E-state index in [0.29, 0.717) is 0 Å². The molecule has 0 bridgehead atoms. The van der Waals surface area contributed by atoms with E-state index >= 15 is 0 Å². The molecular formula is C10H10N2O.